The van der Waals surface area contributed by atoms with Gasteiger partial charge in [0.05, 0.1) is 12.6 Å². The summed E-state index contributed by atoms with van der Waals surface area (Å²) in [6, 6.07) is 9.93. The van der Waals surface area contributed by atoms with Crippen LogP contribution in [0.2, 0.25) is 0 Å². The second-order valence-corrected chi connectivity index (χ2v) is 4.84. The number of hydrogen-bond donors (Lipinski definition) is 0. The van der Waals surface area contributed by atoms with Crippen LogP contribution >= 0.6 is 0 Å². The standard InChI is InChI=1S/C14H17NO2/c16-14(11-6-7-11)15(10-13-8-9-17-13)12-4-2-1-3-5-12/h1-5,11,13H,6-10H2. The van der Waals surface area contributed by atoms with Crippen molar-refractivity contribution in [3.8, 4) is 0 Å². The average Bonchev–Trinajstić information content (AvgIpc) is 3.12. The molecule has 1 saturated carbocycles. The maximum absolute atomic E-state index is 12.3. The summed E-state index contributed by atoms with van der Waals surface area (Å²) in [4.78, 5) is 14.2. The van der Waals surface area contributed by atoms with Gasteiger partial charge < -0.3 is 9.64 Å². The Balaban J connectivity index is 1.76. The van der Waals surface area contributed by atoms with Crippen LogP contribution < -0.4 is 4.90 Å². The molecule has 1 heterocycles. The first-order valence-electron chi connectivity index (χ1n) is 6.32. The van der Waals surface area contributed by atoms with Gasteiger partial charge in [0.1, 0.15) is 0 Å². The summed E-state index contributed by atoms with van der Waals surface area (Å²) in [5.41, 5.74) is 1.000. The lowest BCUT2D eigenvalue weighted by Gasteiger charge is -2.32. The number of amides is 1. The van der Waals surface area contributed by atoms with Gasteiger partial charge in [0.2, 0.25) is 5.91 Å². The molecule has 1 aliphatic carbocycles. The molecule has 1 atom stereocenters. The highest BCUT2D eigenvalue weighted by molar-refractivity contribution is 5.96. The molecule has 3 nitrogen and oxygen atoms in total. The summed E-state index contributed by atoms with van der Waals surface area (Å²) in [7, 11) is 0. The van der Waals surface area contributed by atoms with Gasteiger partial charge in [-0.3, -0.25) is 4.79 Å². The molecule has 0 bridgehead atoms. The molecule has 1 aromatic rings. The van der Waals surface area contributed by atoms with Crippen LogP contribution in [0.1, 0.15) is 19.3 Å². The van der Waals surface area contributed by atoms with Crippen molar-refractivity contribution in [1.82, 2.24) is 0 Å². The van der Waals surface area contributed by atoms with Gasteiger partial charge in [-0.15, -0.1) is 0 Å². The number of carbonyl (C=O) groups excluding carboxylic acids is 1. The zero-order valence-corrected chi connectivity index (χ0v) is 9.84. The van der Waals surface area contributed by atoms with E-state index in [1.807, 2.05) is 35.2 Å². The van der Waals surface area contributed by atoms with Gasteiger partial charge in [-0.05, 0) is 31.4 Å². The van der Waals surface area contributed by atoms with E-state index in [9.17, 15) is 4.79 Å². The van der Waals surface area contributed by atoms with E-state index in [0.29, 0.717) is 6.54 Å². The first-order valence-corrected chi connectivity index (χ1v) is 6.32. The Morgan fingerprint density at radius 3 is 2.47 bits per heavy atom. The number of ether oxygens (including phenoxy) is 1. The molecule has 1 aromatic carbocycles. The Labute approximate surface area is 101 Å². The molecule has 0 radical (unpaired) electrons. The molecule has 1 aliphatic heterocycles. The van der Waals surface area contributed by atoms with Gasteiger partial charge in [0.15, 0.2) is 0 Å². The van der Waals surface area contributed by atoms with Gasteiger partial charge in [-0.25, -0.2) is 0 Å². The lowest BCUT2D eigenvalue weighted by atomic mass is 10.1. The highest BCUT2D eigenvalue weighted by atomic mass is 16.5. The Hall–Kier alpha value is -1.35. The van der Waals surface area contributed by atoms with E-state index in [1.165, 1.54) is 0 Å². The van der Waals surface area contributed by atoms with Gasteiger partial charge in [-0.1, -0.05) is 18.2 Å². The third-order valence-electron chi connectivity index (χ3n) is 3.44. The fourth-order valence-corrected chi connectivity index (χ4v) is 2.11. The van der Waals surface area contributed by atoms with E-state index in [-0.39, 0.29) is 17.9 Å². The normalized spacial score (nSPS) is 22.9. The summed E-state index contributed by atoms with van der Waals surface area (Å²) in [6.45, 7) is 1.55. The van der Waals surface area contributed by atoms with Crippen molar-refractivity contribution in [2.45, 2.75) is 25.4 Å². The third kappa shape index (κ3) is 2.34. The van der Waals surface area contributed by atoms with E-state index >= 15 is 0 Å². The van der Waals surface area contributed by atoms with Crippen molar-refractivity contribution in [3.05, 3.63) is 30.3 Å². The zero-order valence-electron chi connectivity index (χ0n) is 9.84. The van der Waals surface area contributed by atoms with Crippen LogP contribution in [0.3, 0.4) is 0 Å². The minimum Gasteiger partial charge on any atom is -0.376 e. The fraction of sp³-hybridized carbons (Fsp3) is 0.500. The quantitative estimate of drug-likeness (QED) is 0.795. The lowest BCUT2D eigenvalue weighted by Crippen LogP contribution is -2.43. The van der Waals surface area contributed by atoms with Crippen LogP contribution in [0.15, 0.2) is 30.3 Å². The first kappa shape index (κ1) is 10.8. The maximum Gasteiger partial charge on any atom is 0.230 e. The number of para-hydroxylation sites is 1. The third-order valence-corrected chi connectivity index (χ3v) is 3.44. The highest BCUT2D eigenvalue weighted by Crippen LogP contribution is 2.33. The van der Waals surface area contributed by atoms with Crippen LogP contribution in [0.25, 0.3) is 0 Å². The summed E-state index contributed by atoms with van der Waals surface area (Å²) >= 11 is 0. The monoisotopic (exact) mass is 231 g/mol. The topological polar surface area (TPSA) is 29.5 Å². The molecule has 0 N–H and O–H groups in total. The summed E-state index contributed by atoms with van der Waals surface area (Å²) in [5, 5.41) is 0. The van der Waals surface area contributed by atoms with E-state index in [2.05, 4.69) is 0 Å². The second-order valence-electron chi connectivity index (χ2n) is 4.84. The van der Waals surface area contributed by atoms with E-state index in [0.717, 1.165) is 31.6 Å². The van der Waals surface area contributed by atoms with Crippen molar-refractivity contribution in [3.63, 3.8) is 0 Å². The average molecular weight is 231 g/mol. The smallest absolute Gasteiger partial charge is 0.230 e. The predicted molar refractivity (Wildman–Crippen MR) is 65.9 cm³/mol. The van der Waals surface area contributed by atoms with Gasteiger partial charge >= 0.3 is 0 Å². The van der Waals surface area contributed by atoms with Crippen molar-refractivity contribution < 1.29 is 9.53 Å². The molecule has 17 heavy (non-hydrogen) atoms. The molecule has 90 valence electrons. The highest BCUT2D eigenvalue weighted by Gasteiger charge is 2.35. The van der Waals surface area contributed by atoms with Crippen molar-refractivity contribution in [2.24, 2.45) is 5.92 Å². The minimum absolute atomic E-state index is 0.234. The Kier molecular flexibility index (Phi) is 2.85. The van der Waals surface area contributed by atoms with Crippen LogP contribution in [-0.4, -0.2) is 25.2 Å². The van der Waals surface area contributed by atoms with Crippen LogP contribution in [0.4, 0.5) is 5.69 Å². The molecule has 2 fully saturated rings. The van der Waals surface area contributed by atoms with Gasteiger partial charge in [0, 0.05) is 18.2 Å². The number of rotatable bonds is 4. The Bertz CT molecular complexity index is 396. The summed E-state index contributed by atoms with van der Waals surface area (Å²) < 4.78 is 5.44. The largest absolute Gasteiger partial charge is 0.376 e. The maximum atomic E-state index is 12.3. The zero-order chi connectivity index (χ0) is 11.7. The molecule has 3 heteroatoms. The molecule has 1 unspecified atom stereocenters. The van der Waals surface area contributed by atoms with Crippen molar-refractivity contribution >= 4 is 11.6 Å². The fourth-order valence-electron chi connectivity index (χ4n) is 2.11. The summed E-state index contributed by atoms with van der Waals surface area (Å²) in [6.07, 6.45) is 3.40. The molecule has 1 saturated heterocycles. The van der Waals surface area contributed by atoms with Gasteiger partial charge in [0.25, 0.3) is 0 Å². The number of anilines is 1. The van der Waals surface area contributed by atoms with Crippen molar-refractivity contribution in [2.75, 3.05) is 18.1 Å². The number of hydrogen-bond acceptors (Lipinski definition) is 2. The van der Waals surface area contributed by atoms with E-state index in [1.54, 1.807) is 0 Å². The number of carbonyl (C=O) groups is 1. The number of nitrogens with zero attached hydrogens (tertiary/aromatic N) is 1. The second kappa shape index (κ2) is 4.49. The molecule has 0 aromatic heterocycles. The van der Waals surface area contributed by atoms with Gasteiger partial charge in [-0.2, -0.15) is 0 Å². The van der Waals surface area contributed by atoms with Crippen LogP contribution in [-0.2, 0) is 9.53 Å². The minimum atomic E-state index is 0.234. The molecule has 3 rings (SSSR count). The Morgan fingerprint density at radius 2 is 1.94 bits per heavy atom. The first-order chi connectivity index (χ1) is 8.34. The SMILES string of the molecule is O=C(C1CC1)N(CC1CCO1)c1ccccc1. The van der Waals surface area contributed by atoms with E-state index in [4.69, 9.17) is 4.74 Å². The molecular weight excluding hydrogens is 214 g/mol. The lowest BCUT2D eigenvalue weighted by molar-refractivity contribution is -0.121. The molecule has 2 aliphatic rings. The van der Waals surface area contributed by atoms with Crippen LogP contribution in [0, 0.1) is 5.92 Å². The molecule has 0 spiro atoms. The van der Waals surface area contributed by atoms with Crippen molar-refractivity contribution in [1.29, 1.82) is 0 Å². The summed E-state index contributed by atoms with van der Waals surface area (Å²) in [5.74, 6) is 0.530. The molecular formula is C14H17NO2. The Morgan fingerprint density at radius 1 is 1.24 bits per heavy atom. The predicted octanol–water partition coefficient (Wildman–Crippen LogP) is 2.22. The number of benzene rings is 1. The van der Waals surface area contributed by atoms with E-state index < -0.39 is 0 Å². The van der Waals surface area contributed by atoms with Crippen LogP contribution in [0.5, 0.6) is 0 Å². The molecule has 1 amide bonds.